The summed E-state index contributed by atoms with van der Waals surface area (Å²) in [6, 6.07) is 17.3. The molecule has 0 amide bonds. The van der Waals surface area contributed by atoms with Crippen LogP contribution in [0.5, 0.6) is 5.75 Å². The van der Waals surface area contributed by atoms with Crippen molar-refractivity contribution in [3.8, 4) is 5.75 Å². The smallest absolute Gasteiger partial charge is 0.137 e. The molecule has 0 bridgehead atoms. The predicted molar refractivity (Wildman–Crippen MR) is 110 cm³/mol. The SMILES string of the molecule is COc1ccc(CNCC2(c3ccccc3)CC2(C)C)cc1Cn1cncn1. The fourth-order valence-corrected chi connectivity index (χ4v) is 4.34. The number of hydrogen-bond acceptors (Lipinski definition) is 4. The molecule has 3 aromatic rings. The Bertz CT molecular complexity index is 921. The highest BCUT2D eigenvalue weighted by Crippen LogP contribution is 2.63. The fourth-order valence-electron chi connectivity index (χ4n) is 4.34. The molecule has 2 aromatic carbocycles. The Morgan fingerprint density at radius 1 is 1.14 bits per heavy atom. The summed E-state index contributed by atoms with van der Waals surface area (Å²) >= 11 is 0. The second kappa shape index (κ2) is 7.40. The van der Waals surface area contributed by atoms with Gasteiger partial charge in [0.25, 0.3) is 0 Å². The van der Waals surface area contributed by atoms with E-state index in [-0.39, 0.29) is 5.41 Å². The molecule has 1 heterocycles. The van der Waals surface area contributed by atoms with Crippen LogP contribution in [0.2, 0.25) is 0 Å². The summed E-state index contributed by atoms with van der Waals surface area (Å²) in [7, 11) is 1.71. The minimum absolute atomic E-state index is 0.226. The predicted octanol–water partition coefficient (Wildman–Crippen LogP) is 3.79. The van der Waals surface area contributed by atoms with Gasteiger partial charge in [-0.3, -0.25) is 0 Å². The quantitative estimate of drug-likeness (QED) is 0.650. The number of benzene rings is 2. The number of methoxy groups -OCH3 is 1. The van der Waals surface area contributed by atoms with Gasteiger partial charge in [0.15, 0.2) is 0 Å². The zero-order valence-electron chi connectivity index (χ0n) is 16.9. The van der Waals surface area contributed by atoms with Crippen molar-refractivity contribution in [3.63, 3.8) is 0 Å². The second-order valence-corrected chi connectivity index (χ2v) is 8.35. The third-order valence-electron chi connectivity index (χ3n) is 6.14. The Balaban J connectivity index is 1.45. The standard InChI is InChI=1S/C23H28N4O/c1-22(2)14-23(22,20-7-5-4-6-8-20)15-24-12-18-9-10-21(28-3)19(11-18)13-27-17-25-16-26-27/h4-11,16-17,24H,12-15H2,1-3H3. The zero-order chi connectivity index (χ0) is 19.6. The van der Waals surface area contributed by atoms with Gasteiger partial charge in [0.1, 0.15) is 18.4 Å². The Hall–Kier alpha value is -2.66. The third-order valence-corrected chi connectivity index (χ3v) is 6.14. The Morgan fingerprint density at radius 3 is 2.57 bits per heavy atom. The highest BCUT2D eigenvalue weighted by Gasteiger charge is 2.61. The molecule has 0 radical (unpaired) electrons. The van der Waals surface area contributed by atoms with Crippen molar-refractivity contribution in [3.05, 3.63) is 77.9 Å². The molecule has 5 heteroatoms. The van der Waals surface area contributed by atoms with Crippen LogP contribution in [-0.2, 0) is 18.5 Å². The second-order valence-electron chi connectivity index (χ2n) is 8.35. The Morgan fingerprint density at radius 2 is 1.93 bits per heavy atom. The van der Waals surface area contributed by atoms with Gasteiger partial charge < -0.3 is 10.1 Å². The topological polar surface area (TPSA) is 52.0 Å². The number of rotatable bonds is 8. The Labute approximate surface area is 166 Å². The minimum Gasteiger partial charge on any atom is -0.496 e. The fraction of sp³-hybridized carbons (Fsp3) is 0.391. The third kappa shape index (κ3) is 3.54. The summed E-state index contributed by atoms with van der Waals surface area (Å²) in [4.78, 5) is 4.02. The van der Waals surface area contributed by atoms with E-state index in [1.807, 2.05) is 10.7 Å². The van der Waals surface area contributed by atoms with Crippen LogP contribution in [0.3, 0.4) is 0 Å². The van der Waals surface area contributed by atoms with Crippen molar-refractivity contribution in [1.29, 1.82) is 0 Å². The molecular formula is C23H28N4O. The zero-order valence-corrected chi connectivity index (χ0v) is 16.9. The molecule has 1 atom stereocenters. The van der Waals surface area contributed by atoms with Crippen LogP contribution in [-0.4, -0.2) is 28.4 Å². The molecule has 5 nitrogen and oxygen atoms in total. The monoisotopic (exact) mass is 376 g/mol. The van der Waals surface area contributed by atoms with Crippen molar-refractivity contribution in [2.75, 3.05) is 13.7 Å². The van der Waals surface area contributed by atoms with E-state index >= 15 is 0 Å². The Kier molecular flexibility index (Phi) is 4.94. The molecule has 1 N–H and O–H groups in total. The van der Waals surface area contributed by atoms with E-state index in [4.69, 9.17) is 4.74 Å². The van der Waals surface area contributed by atoms with Crippen LogP contribution in [0, 0.1) is 5.41 Å². The van der Waals surface area contributed by atoms with Gasteiger partial charge in [-0.25, -0.2) is 9.67 Å². The molecule has 1 aliphatic carbocycles. The summed E-state index contributed by atoms with van der Waals surface area (Å²) in [5.41, 5.74) is 4.35. The van der Waals surface area contributed by atoms with Crippen LogP contribution in [0.4, 0.5) is 0 Å². The van der Waals surface area contributed by atoms with Crippen LogP contribution in [0.1, 0.15) is 37.0 Å². The van der Waals surface area contributed by atoms with Crippen molar-refractivity contribution < 1.29 is 4.74 Å². The van der Waals surface area contributed by atoms with Gasteiger partial charge in [-0.15, -0.1) is 0 Å². The van der Waals surface area contributed by atoms with Gasteiger partial charge in [0, 0.05) is 24.1 Å². The summed E-state index contributed by atoms with van der Waals surface area (Å²) < 4.78 is 7.33. The average Bonchev–Trinajstić information content (AvgIpc) is 3.03. The maximum absolute atomic E-state index is 5.52. The summed E-state index contributed by atoms with van der Waals surface area (Å²) in [5.74, 6) is 0.878. The molecule has 1 fully saturated rings. The van der Waals surface area contributed by atoms with Gasteiger partial charge in [-0.1, -0.05) is 50.2 Å². The summed E-state index contributed by atoms with van der Waals surface area (Å²) in [5, 5.41) is 7.91. The molecule has 0 aliphatic heterocycles. The maximum atomic E-state index is 5.52. The van der Waals surface area contributed by atoms with Crippen molar-refractivity contribution >= 4 is 0 Å². The molecule has 0 saturated heterocycles. The first kappa shape index (κ1) is 18.7. The van der Waals surface area contributed by atoms with E-state index in [9.17, 15) is 0 Å². The number of ether oxygens (including phenoxy) is 1. The van der Waals surface area contributed by atoms with Crippen molar-refractivity contribution in [2.45, 2.75) is 38.8 Å². The largest absolute Gasteiger partial charge is 0.496 e. The summed E-state index contributed by atoms with van der Waals surface area (Å²) in [6.07, 6.45) is 4.50. The summed E-state index contributed by atoms with van der Waals surface area (Å²) in [6.45, 7) is 7.20. The lowest BCUT2D eigenvalue weighted by Crippen LogP contribution is -2.30. The van der Waals surface area contributed by atoms with Gasteiger partial charge in [0.05, 0.1) is 13.7 Å². The van der Waals surface area contributed by atoms with Crippen LogP contribution in [0.25, 0.3) is 0 Å². The molecule has 1 aliphatic rings. The highest BCUT2D eigenvalue weighted by atomic mass is 16.5. The van der Waals surface area contributed by atoms with Crippen LogP contribution in [0.15, 0.2) is 61.2 Å². The van der Waals surface area contributed by atoms with Crippen LogP contribution >= 0.6 is 0 Å². The molecule has 146 valence electrons. The van der Waals surface area contributed by atoms with E-state index in [2.05, 4.69) is 71.7 Å². The van der Waals surface area contributed by atoms with Gasteiger partial charge in [0.2, 0.25) is 0 Å². The van der Waals surface area contributed by atoms with Crippen molar-refractivity contribution in [2.24, 2.45) is 5.41 Å². The first-order chi connectivity index (χ1) is 13.5. The van der Waals surface area contributed by atoms with E-state index < -0.39 is 0 Å². The normalized spacial score (nSPS) is 20.1. The van der Waals surface area contributed by atoms with Crippen LogP contribution < -0.4 is 10.1 Å². The van der Waals surface area contributed by atoms with Gasteiger partial charge >= 0.3 is 0 Å². The highest BCUT2D eigenvalue weighted by molar-refractivity contribution is 5.39. The van der Waals surface area contributed by atoms with Crippen molar-refractivity contribution in [1.82, 2.24) is 20.1 Å². The molecule has 1 unspecified atom stereocenters. The number of nitrogens with zero attached hydrogens (tertiary/aromatic N) is 3. The maximum Gasteiger partial charge on any atom is 0.137 e. The number of hydrogen-bond donors (Lipinski definition) is 1. The molecule has 1 aromatic heterocycles. The van der Waals surface area contributed by atoms with Gasteiger partial charge in [-0.05, 0) is 35.1 Å². The molecular weight excluding hydrogens is 348 g/mol. The van der Waals surface area contributed by atoms with E-state index in [0.29, 0.717) is 12.0 Å². The molecule has 28 heavy (non-hydrogen) atoms. The molecule has 1 saturated carbocycles. The van der Waals surface area contributed by atoms with Gasteiger partial charge in [-0.2, -0.15) is 5.10 Å². The molecule has 4 rings (SSSR count). The van der Waals surface area contributed by atoms with E-state index in [1.165, 1.54) is 17.5 Å². The lowest BCUT2D eigenvalue weighted by Gasteiger charge is -2.22. The van der Waals surface area contributed by atoms with E-state index in [1.54, 1.807) is 19.8 Å². The molecule has 0 spiro atoms. The lowest BCUT2D eigenvalue weighted by molar-refractivity contribution is 0.407. The number of nitrogens with one attached hydrogen (secondary N) is 1. The minimum atomic E-state index is 0.226. The average molecular weight is 377 g/mol. The lowest BCUT2D eigenvalue weighted by atomic mass is 9.88. The first-order valence-electron chi connectivity index (χ1n) is 9.78. The van der Waals surface area contributed by atoms with E-state index in [0.717, 1.165) is 24.4 Å². The first-order valence-corrected chi connectivity index (χ1v) is 9.78. The number of aromatic nitrogens is 3.